The Kier molecular flexibility index (Phi) is 6.52. The summed E-state index contributed by atoms with van der Waals surface area (Å²) in [5, 5.41) is 4.70. The summed E-state index contributed by atoms with van der Waals surface area (Å²) in [4.78, 5) is 14.0. The van der Waals surface area contributed by atoms with Gasteiger partial charge in [-0.05, 0) is 67.5 Å². The summed E-state index contributed by atoms with van der Waals surface area (Å²) >= 11 is 0. The molecule has 5 nitrogen and oxygen atoms in total. The monoisotopic (exact) mass is 443 g/mol. The molecule has 2 aromatic carbocycles. The van der Waals surface area contributed by atoms with Crippen LogP contribution >= 0.6 is 0 Å². The second-order valence-electron chi connectivity index (χ2n) is 9.34. The fraction of sp³-hybridized carbons (Fsp3) is 0.357. The van der Waals surface area contributed by atoms with Gasteiger partial charge in [-0.15, -0.1) is 0 Å². The number of fused-ring (bicyclic) bond motifs is 1. The Hall–Kier alpha value is -3.18. The Morgan fingerprint density at radius 1 is 1.18 bits per heavy atom. The fourth-order valence-electron chi connectivity index (χ4n) is 4.64. The summed E-state index contributed by atoms with van der Waals surface area (Å²) in [6, 6.07) is 18.2. The quantitative estimate of drug-likeness (QED) is 0.470. The third-order valence-electron chi connectivity index (χ3n) is 6.69. The lowest BCUT2D eigenvalue weighted by Crippen LogP contribution is -2.28. The molecule has 0 N–H and O–H groups in total. The molecule has 0 unspecified atom stereocenters. The van der Waals surface area contributed by atoms with Crippen LogP contribution in [0.4, 0.5) is 0 Å². The largest absolute Gasteiger partial charge is 0.374 e. The Labute approximate surface area is 196 Å². The Morgan fingerprint density at radius 3 is 2.64 bits per heavy atom. The number of rotatable bonds is 7. The molecule has 4 rings (SSSR count). The molecule has 0 fully saturated rings. The van der Waals surface area contributed by atoms with Crippen molar-refractivity contribution in [3.63, 3.8) is 0 Å². The molecule has 5 heteroatoms. The van der Waals surface area contributed by atoms with E-state index in [1.165, 1.54) is 16.7 Å². The number of carbonyl (C=O) groups excluding carboxylic acids is 1. The van der Waals surface area contributed by atoms with Crippen LogP contribution in [-0.2, 0) is 11.2 Å². The van der Waals surface area contributed by atoms with Crippen molar-refractivity contribution in [1.82, 2.24) is 14.7 Å². The zero-order chi connectivity index (χ0) is 23.6. The first-order valence-electron chi connectivity index (χ1n) is 11.6. The number of amides is 1. The normalized spacial score (nSPS) is 18.4. The van der Waals surface area contributed by atoms with Gasteiger partial charge in [0.05, 0.1) is 23.7 Å². The number of carbonyl (C=O) groups is 1. The lowest BCUT2D eigenvalue weighted by molar-refractivity contribution is 0.0324. The van der Waals surface area contributed by atoms with Crippen LogP contribution in [0.5, 0.6) is 0 Å². The number of benzene rings is 2. The maximum atomic E-state index is 12.4. The van der Waals surface area contributed by atoms with Gasteiger partial charge in [0.25, 0.3) is 5.91 Å². The first-order valence-corrected chi connectivity index (χ1v) is 11.6. The van der Waals surface area contributed by atoms with Gasteiger partial charge in [0, 0.05) is 26.3 Å². The Morgan fingerprint density at radius 2 is 1.94 bits per heavy atom. The zero-order valence-electron chi connectivity index (χ0n) is 20.2. The molecule has 0 saturated heterocycles. The molecule has 3 aromatic rings. The minimum Gasteiger partial charge on any atom is -0.374 e. The summed E-state index contributed by atoms with van der Waals surface area (Å²) in [6.45, 7) is 7.27. The van der Waals surface area contributed by atoms with E-state index in [0.717, 1.165) is 24.2 Å². The van der Waals surface area contributed by atoms with Gasteiger partial charge >= 0.3 is 0 Å². The van der Waals surface area contributed by atoms with E-state index in [-0.39, 0.29) is 17.4 Å². The molecule has 1 aliphatic rings. The number of ether oxygens (including phenoxy) is 1. The molecule has 1 heterocycles. The van der Waals surface area contributed by atoms with E-state index in [1.54, 1.807) is 19.0 Å². The van der Waals surface area contributed by atoms with Gasteiger partial charge in [0.2, 0.25) is 0 Å². The number of nitrogens with zero attached hydrogens (tertiary/aromatic N) is 3. The molecule has 1 aliphatic carbocycles. The van der Waals surface area contributed by atoms with E-state index in [2.05, 4.69) is 51.1 Å². The number of hydrogen-bond donors (Lipinski definition) is 0. The molecule has 1 aromatic heterocycles. The molecular formula is C28H33N3O2. The van der Waals surface area contributed by atoms with Crippen molar-refractivity contribution < 1.29 is 9.53 Å². The summed E-state index contributed by atoms with van der Waals surface area (Å²) < 4.78 is 8.12. The Balaban J connectivity index is 1.64. The molecule has 2 atom stereocenters. The predicted molar refractivity (Wildman–Crippen MR) is 132 cm³/mol. The third kappa shape index (κ3) is 4.64. The minimum absolute atomic E-state index is 0.0138. The van der Waals surface area contributed by atoms with Gasteiger partial charge in [-0.1, -0.05) is 48.9 Å². The molecule has 33 heavy (non-hydrogen) atoms. The van der Waals surface area contributed by atoms with E-state index in [9.17, 15) is 4.79 Å². The van der Waals surface area contributed by atoms with E-state index >= 15 is 0 Å². The molecular weight excluding hydrogens is 410 g/mol. The van der Waals surface area contributed by atoms with Crippen LogP contribution in [0.2, 0.25) is 0 Å². The number of aromatic nitrogens is 2. The van der Waals surface area contributed by atoms with E-state index in [0.29, 0.717) is 12.2 Å². The molecule has 0 saturated carbocycles. The van der Waals surface area contributed by atoms with Crippen molar-refractivity contribution in [2.24, 2.45) is 5.41 Å². The fourth-order valence-corrected chi connectivity index (χ4v) is 4.64. The minimum atomic E-state index is -0.0285. The average molecular weight is 444 g/mol. The van der Waals surface area contributed by atoms with Crippen molar-refractivity contribution in [2.45, 2.75) is 39.7 Å². The van der Waals surface area contributed by atoms with Crippen LogP contribution in [0.25, 0.3) is 11.8 Å². The maximum Gasteiger partial charge on any atom is 0.253 e. The van der Waals surface area contributed by atoms with Gasteiger partial charge in [-0.2, -0.15) is 5.10 Å². The smallest absolute Gasteiger partial charge is 0.253 e. The van der Waals surface area contributed by atoms with Gasteiger partial charge in [-0.3, -0.25) is 4.79 Å². The van der Waals surface area contributed by atoms with Crippen molar-refractivity contribution in [2.75, 3.05) is 20.7 Å². The molecule has 0 radical (unpaired) electrons. The summed E-state index contributed by atoms with van der Waals surface area (Å²) in [6.07, 6.45) is 6.08. The standard InChI is InChI=1S/C28H33N3O2/c1-6-33-26(21-11-8-7-9-12-21)18-28(3)17-23-19-29-31(25(23)15-20(28)2)24-14-10-13-22(16-24)27(32)30(4)5/h7-16,19,26H,6,17-18H2,1-5H3/t26-,28-/m1/s1. The van der Waals surface area contributed by atoms with Crippen LogP contribution < -0.4 is 0 Å². The van der Waals surface area contributed by atoms with E-state index < -0.39 is 0 Å². The van der Waals surface area contributed by atoms with Crippen LogP contribution in [0.3, 0.4) is 0 Å². The van der Waals surface area contributed by atoms with E-state index in [1.807, 2.05) is 41.2 Å². The summed E-state index contributed by atoms with van der Waals surface area (Å²) in [5.74, 6) is -0.0138. The highest BCUT2D eigenvalue weighted by Crippen LogP contribution is 2.45. The van der Waals surface area contributed by atoms with Gasteiger partial charge in [-0.25, -0.2) is 4.68 Å². The van der Waals surface area contributed by atoms with Crippen molar-refractivity contribution >= 4 is 12.0 Å². The average Bonchev–Trinajstić information content (AvgIpc) is 3.21. The summed E-state index contributed by atoms with van der Waals surface area (Å²) in [7, 11) is 3.53. The molecule has 0 bridgehead atoms. The zero-order valence-corrected chi connectivity index (χ0v) is 20.2. The molecule has 172 valence electrons. The van der Waals surface area contributed by atoms with Gasteiger partial charge in [0.15, 0.2) is 0 Å². The highest BCUT2D eigenvalue weighted by Gasteiger charge is 2.35. The van der Waals surface area contributed by atoms with Crippen LogP contribution in [-0.4, -0.2) is 41.3 Å². The first-order chi connectivity index (χ1) is 15.8. The van der Waals surface area contributed by atoms with Crippen LogP contribution in [0.1, 0.15) is 60.5 Å². The predicted octanol–water partition coefficient (Wildman–Crippen LogP) is 5.71. The Bertz CT molecular complexity index is 1160. The van der Waals surface area contributed by atoms with Gasteiger partial charge in [0.1, 0.15) is 0 Å². The third-order valence-corrected chi connectivity index (χ3v) is 6.69. The van der Waals surface area contributed by atoms with Crippen molar-refractivity contribution in [3.05, 3.63) is 88.8 Å². The van der Waals surface area contributed by atoms with Crippen LogP contribution in [0.15, 0.2) is 66.4 Å². The lowest BCUT2D eigenvalue weighted by Gasteiger charge is -2.37. The number of hydrogen-bond acceptors (Lipinski definition) is 3. The van der Waals surface area contributed by atoms with Crippen LogP contribution in [0, 0.1) is 5.41 Å². The summed E-state index contributed by atoms with van der Waals surface area (Å²) in [5.41, 5.74) is 6.37. The lowest BCUT2D eigenvalue weighted by atomic mass is 9.70. The van der Waals surface area contributed by atoms with Gasteiger partial charge < -0.3 is 9.64 Å². The van der Waals surface area contributed by atoms with Crippen molar-refractivity contribution in [3.8, 4) is 5.69 Å². The molecule has 0 spiro atoms. The SMILES string of the molecule is CCO[C@H](C[C@@]1(C)Cc2cnn(-c3cccc(C(=O)N(C)C)c3)c2C=C1C)c1ccccc1. The topological polar surface area (TPSA) is 47.4 Å². The number of allylic oxidation sites excluding steroid dienone is 1. The highest BCUT2D eigenvalue weighted by atomic mass is 16.5. The molecule has 0 aliphatic heterocycles. The first kappa shape index (κ1) is 23.0. The second-order valence-corrected chi connectivity index (χ2v) is 9.34. The maximum absolute atomic E-state index is 12.4. The van der Waals surface area contributed by atoms with E-state index in [4.69, 9.17) is 9.84 Å². The van der Waals surface area contributed by atoms with Crippen molar-refractivity contribution in [1.29, 1.82) is 0 Å². The highest BCUT2D eigenvalue weighted by molar-refractivity contribution is 5.94. The molecule has 1 amide bonds. The second kappa shape index (κ2) is 9.36.